The van der Waals surface area contributed by atoms with E-state index in [-0.39, 0.29) is 22.1 Å². The van der Waals surface area contributed by atoms with Gasteiger partial charge in [-0.3, -0.25) is 14.9 Å². The molecule has 3 aromatic rings. The van der Waals surface area contributed by atoms with Gasteiger partial charge in [0.05, 0.1) is 10.6 Å². The summed E-state index contributed by atoms with van der Waals surface area (Å²) in [6.07, 6.45) is 1.82. The molecular formula is C17H16ClN5O3. The molecule has 0 fully saturated rings. The number of anilines is 1. The minimum absolute atomic E-state index is 0.0669. The number of aromatic nitrogens is 2. The Hall–Kier alpha value is -2.97. The van der Waals surface area contributed by atoms with Gasteiger partial charge < -0.3 is 14.6 Å². The Labute approximate surface area is 154 Å². The summed E-state index contributed by atoms with van der Waals surface area (Å²) in [5.41, 5.74) is 1.33. The Morgan fingerprint density at radius 1 is 1.35 bits per heavy atom. The summed E-state index contributed by atoms with van der Waals surface area (Å²) in [6, 6.07) is 9.55. The average molecular weight is 374 g/mol. The number of nitro groups is 1. The normalized spacial score (nSPS) is 11.1. The number of benzene rings is 1. The van der Waals surface area contributed by atoms with Crippen LogP contribution in [-0.4, -0.2) is 39.2 Å². The molecule has 0 saturated heterocycles. The van der Waals surface area contributed by atoms with E-state index >= 15 is 0 Å². The summed E-state index contributed by atoms with van der Waals surface area (Å²) in [5.74, 6) is -0.518. The van der Waals surface area contributed by atoms with Crippen molar-refractivity contribution in [3.8, 4) is 0 Å². The van der Waals surface area contributed by atoms with E-state index in [0.29, 0.717) is 17.9 Å². The van der Waals surface area contributed by atoms with Crippen LogP contribution in [0, 0.1) is 10.1 Å². The second-order valence-electron chi connectivity index (χ2n) is 5.95. The summed E-state index contributed by atoms with van der Waals surface area (Å²) < 4.78 is 1.82. The minimum Gasteiger partial charge on any atom is -0.315 e. The fourth-order valence-electron chi connectivity index (χ4n) is 2.62. The zero-order valence-corrected chi connectivity index (χ0v) is 14.9. The lowest BCUT2D eigenvalue weighted by molar-refractivity contribution is -0.383. The van der Waals surface area contributed by atoms with Gasteiger partial charge in [0.15, 0.2) is 5.69 Å². The third-order valence-corrected chi connectivity index (χ3v) is 3.95. The van der Waals surface area contributed by atoms with E-state index in [0.717, 1.165) is 0 Å². The minimum atomic E-state index is -0.591. The molecular weight excluding hydrogens is 358 g/mol. The van der Waals surface area contributed by atoms with Crippen molar-refractivity contribution in [2.45, 2.75) is 6.54 Å². The number of pyridine rings is 1. The van der Waals surface area contributed by atoms with Crippen molar-refractivity contribution in [2.75, 3.05) is 19.4 Å². The number of fused-ring (bicyclic) bond motifs is 1. The third kappa shape index (κ3) is 3.51. The first-order chi connectivity index (χ1) is 12.4. The van der Waals surface area contributed by atoms with E-state index in [2.05, 4.69) is 10.3 Å². The van der Waals surface area contributed by atoms with Gasteiger partial charge in [0.2, 0.25) is 0 Å². The molecule has 0 radical (unpaired) electrons. The van der Waals surface area contributed by atoms with Crippen molar-refractivity contribution < 1.29 is 9.72 Å². The van der Waals surface area contributed by atoms with Gasteiger partial charge in [0.1, 0.15) is 11.3 Å². The van der Waals surface area contributed by atoms with Crippen LogP contribution in [0.15, 0.2) is 42.6 Å². The second-order valence-corrected chi connectivity index (χ2v) is 6.38. The predicted molar refractivity (Wildman–Crippen MR) is 98.6 cm³/mol. The standard InChI is InChI=1S/C17H16ClN5O3/c1-21(2)10-14-16(20-15-5-3-4-8-22(14)15)17(24)19-12-7-6-11(18)9-13(12)23(25)26/h3-9H,10H2,1-2H3,(H,19,24). The molecule has 0 aliphatic heterocycles. The van der Waals surface area contributed by atoms with Crippen molar-refractivity contribution in [3.63, 3.8) is 0 Å². The molecule has 0 unspecified atom stereocenters. The number of hydrogen-bond acceptors (Lipinski definition) is 5. The Kier molecular flexibility index (Phi) is 4.88. The summed E-state index contributed by atoms with van der Waals surface area (Å²) in [7, 11) is 3.77. The van der Waals surface area contributed by atoms with Crippen LogP contribution < -0.4 is 5.32 Å². The smallest absolute Gasteiger partial charge is 0.294 e. The first kappa shape index (κ1) is 17.8. The van der Waals surface area contributed by atoms with Crippen LogP contribution in [0.3, 0.4) is 0 Å². The number of amides is 1. The molecule has 134 valence electrons. The maximum Gasteiger partial charge on any atom is 0.294 e. The van der Waals surface area contributed by atoms with Gasteiger partial charge >= 0.3 is 0 Å². The molecule has 1 amide bonds. The van der Waals surface area contributed by atoms with Crippen molar-refractivity contribution in [3.05, 3.63) is 69.1 Å². The van der Waals surface area contributed by atoms with E-state index in [1.807, 2.05) is 41.7 Å². The Bertz CT molecular complexity index is 999. The van der Waals surface area contributed by atoms with Crippen molar-refractivity contribution in [1.29, 1.82) is 0 Å². The lowest BCUT2D eigenvalue weighted by atomic mass is 10.2. The molecule has 0 aliphatic carbocycles. The molecule has 0 saturated carbocycles. The van der Waals surface area contributed by atoms with Gasteiger partial charge in [-0.05, 0) is 38.4 Å². The van der Waals surface area contributed by atoms with Gasteiger partial charge in [-0.2, -0.15) is 0 Å². The number of rotatable bonds is 5. The van der Waals surface area contributed by atoms with Crippen LogP contribution in [-0.2, 0) is 6.54 Å². The van der Waals surface area contributed by atoms with Crippen molar-refractivity contribution in [2.24, 2.45) is 0 Å². The quantitative estimate of drug-likeness (QED) is 0.547. The Morgan fingerprint density at radius 3 is 2.81 bits per heavy atom. The molecule has 26 heavy (non-hydrogen) atoms. The van der Waals surface area contributed by atoms with E-state index in [4.69, 9.17) is 11.6 Å². The maximum absolute atomic E-state index is 12.8. The van der Waals surface area contributed by atoms with Crippen LogP contribution >= 0.6 is 11.6 Å². The molecule has 9 heteroatoms. The van der Waals surface area contributed by atoms with Gasteiger partial charge in [-0.25, -0.2) is 4.98 Å². The van der Waals surface area contributed by atoms with Gasteiger partial charge in [0, 0.05) is 23.8 Å². The van der Waals surface area contributed by atoms with Crippen LogP contribution in [0.25, 0.3) is 5.65 Å². The topological polar surface area (TPSA) is 92.8 Å². The summed E-state index contributed by atoms with van der Waals surface area (Å²) in [5, 5.41) is 14.0. The van der Waals surface area contributed by atoms with E-state index in [9.17, 15) is 14.9 Å². The van der Waals surface area contributed by atoms with Crippen LogP contribution in [0.2, 0.25) is 5.02 Å². The molecule has 0 bridgehead atoms. The number of nitrogens with one attached hydrogen (secondary N) is 1. The van der Waals surface area contributed by atoms with Gasteiger partial charge in [-0.15, -0.1) is 0 Å². The van der Waals surface area contributed by atoms with Crippen LogP contribution in [0.4, 0.5) is 11.4 Å². The van der Waals surface area contributed by atoms with Crippen molar-refractivity contribution in [1.82, 2.24) is 14.3 Å². The van der Waals surface area contributed by atoms with Gasteiger partial charge in [0.25, 0.3) is 11.6 Å². The van der Waals surface area contributed by atoms with E-state index in [1.54, 1.807) is 6.07 Å². The number of imidazole rings is 1. The van der Waals surface area contributed by atoms with Crippen molar-refractivity contribution >= 4 is 34.5 Å². The fraction of sp³-hybridized carbons (Fsp3) is 0.176. The summed E-state index contributed by atoms with van der Waals surface area (Å²) in [6.45, 7) is 0.483. The molecule has 2 heterocycles. The molecule has 1 N–H and O–H groups in total. The SMILES string of the molecule is CN(C)Cc1c(C(=O)Nc2ccc(Cl)cc2[N+](=O)[O-])nc2ccccn12. The molecule has 0 spiro atoms. The average Bonchev–Trinajstić information content (AvgIpc) is 2.94. The molecule has 8 nitrogen and oxygen atoms in total. The molecule has 3 rings (SSSR count). The second kappa shape index (κ2) is 7.11. The van der Waals surface area contributed by atoms with E-state index < -0.39 is 10.8 Å². The maximum atomic E-state index is 12.8. The predicted octanol–water partition coefficient (Wildman–Crippen LogP) is 3.21. The molecule has 0 aliphatic rings. The zero-order chi connectivity index (χ0) is 18.8. The number of nitro benzene ring substituents is 1. The largest absolute Gasteiger partial charge is 0.315 e. The molecule has 0 atom stereocenters. The highest BCUT2D eigenvalue weighted by Gasteiger charge is 2.22. The highest BCUT2D eigenvalue weighted by molar-refractivity contribution is 6.31. The highest BCUT2D eigenvalue weighted by atomic mass is 35.5. The third-order valence-electron chi connectivity index (χ3n) is 3.71. The lowest BCUT2D eigenvalue weighted by Gasteiger charge is -2.11. The number of carbonyl (C=O) groups is 1. The lowest BCUT2D eigenvalue weighted by Crippen LogP contribution is -2.19. The highest BCUT2D eigenvalue weighted by Crippen LogP contribution is 2.28. The Balaban J connectivity index is 2.02. The number of nitrogens with zero attached hydrogens (tertiary/aromatic N) is 4. The summed E-state index contributed by atoms with van der Waals surface area (Å²) in [4.78, 5) is 29.7. The molecule has 2 aromatic heterocycles. The van der Waals surface area contributed by atoms with Gasteiger partial charge in [-0.1, -0.05) is 17.7 Å². The van der Waals surface area contributed by atoms with Crippen LogP contribution in [0.5, 0.6) is 0 Å². The first-order valence-electron chi connectivity index (χ1n) is 7.73. The number of carbonyl (C=O) groups excluding carboxylic acids is 1. The van der Waals surface area contributed by atoms with E-state index in [1.165, 1.54) is 18.2 Å². The zero-order valence-electron chi connectivity index (χ0n) is 14.1. The monoisotopic (exact) mass is 373 g/mol. The first-order valence-corrected chi connectivity index (χ1v) is 8.10. The summed E-state index contributed by atoms with van der Waals surface area (Å²) >= 11 is 5.81. The van der Waals surface area contributed by atoms with Crippen LogP contribution in [0.1, 0.15) is 16.2 Å². The fourth-order valence-corrected chi connectivity index (χ4v) is 2.79. The molecule has 1 aromatic carbocycles. The number of halogens is 1. The number of hydrogen-bond donors (Lipinski definition) is 1. The Morgan fingerprint density at radius 2 is 2.12 bits per heavy atom.